The number of likely N-dealkylation sites (tertiary alicyclic amines) is 1. The highest BCUT2D eigenvalue weighted by molar-refractivity contribution is 6.39. The van der Waals surface area contributed by atoms with Crippen molar-refractivity contribution in [3.8, 4) is 0 Å². The predicted molar refractivity (Wildman–Crippen MR) is 117 cm³/mol. The topological polar surface area (TPSA) is 90.5 Å². The maximum Gasteiger partial charge on any atom is 0.321 e. The van der Waals surface area contributed by atoms with Gasteiger partial charge in [0.05, 0.1) is 0 Å². The molecule has 1 aliphatic rings. The first-order chi connectivity index (χ1) is 14.9. The third kappa shape index (κ3) is 6.53. The van der Waals surface area contributed by atoms with E-state index in [1.807, 2.05) is 19.1 Å². The van der Waals surface area contributed by atoms with Crippen molar-refractivity contribution in [3.63, 3.8) is 0 Å². The molecule has 8 heteroatoms. The fourth-order valence-electron chi connectivity index (χ4n) is 3.40. The molecule has 4 amide bonds. The molecule has 31 heavy (non-hydrogen) atoms. The molecule has 0 bridgehead atoms. The molecule has 2 aromatic rings. The number of nitrogens with zero attached hydrogens (tertiary/aromatic N) is 1. The Balaban J connectivity index is 1.38. The molecule has 0 atom stereocenters. The number of carbonyl (C=O) groups is 3. The van der Waals surface area contributed by atoms with Crippen LogP contribution in [-0.2, 0) is 16.0 Å². The van der Waals surface area contributed by atoms with Crippen LogP contribution in [0.5, 0.6) is 0 Å². The first-order valence-electron chi connectivity index (χ1n) is 10.4. The summed E-state index contributed by atoms with van der Waals surface area (Å²) in [6, 6.07) is 12.7. The van der Waals surface area contributed by atoms with E-state index in [4.69, 9.17) is 0 Å². The van der Waals surface area contributed by atoms with Crippen LogP contribution in [-0.4, -0.2) is 42.4 Å². The van der Waals surface area contributed by atoms with Crippen LogP contribution in [0.4, 0.5) is 20.6 Å². The molecule has 0 radical (unpaired) electrons. The Hall–Kier alpha value is -3.42. The number of hydrogen-bond donors (Lipinski definition) is 3. The van der Waals surface area contributed by atoms with Crippen LogP contribution < -0.4 is 16.0 Å². The first-order valence-corrected chi connectivity index (χ1v) is 10.4. The largest absolute Gasteiger partial charge is 0.348 e. The van der Waals surface area contributed by atoms with Gasteiger partial charge in [0.2, 0.25) is 0 Å². The molecular weight excluding hydrogens is 399 g/mol. The standard InChI is InChI=1S/C23H27FN4O3/c1-2-16-3-7-19(8-4-16)26-22(30)21(29)25-15-17-11-13-28(14-12-17)23(31)27-20-9-5-18(24)6-10-20/h3-10,17H,2,11-15H2,1H3,(H,25,29)(H,26,30)(H,27,31). The molecule has 1 heterocycles. The van der Waals surface area contributed by atoms with Gasteiger partial charge in [-0.25, -0.2) is 9.18 Å². The summed E-state index contributed by atoms with van der Waals surface area (Å²) in [5.74, 6) is -1.53. The molecule has 3 N–H and O–H groups in total. The van der Waals surface area contributed by atoms with Crippen molar-refractivity contribution in [2.75, 3.05) is 30.3 Å². The molecule has 3 rings (SSSR count). The fraction of sp³-hybridized carbons (Fsp3) is 0.348. The van der Waals surface area contributed by atoms with Gasteiger partial charge in [-0.15, -0.1) is 0 Å². The molecule has 1 aliphatic heterocycles. The Morgan fingerprint density at radius 3 is 2.10 bits per heavy atom. The van der Waals surface area contributed by atoms with Crippen molar-refractivity contribution < 1.29 is 18.8 Å². The van der Waals surface area contributed by atoms with Gasteiger partial charge in [-0.1, -0.05) is 19.1 Å². The summed E-state index contributed by atoms with van der Waals surface area (Å²) in [5.41, 5.74) is 2.27. The van der Waals surface area contributed by atoms with Crippen molar-refractivity contribution in [1.82, 2.24) is 10.2 Å². The van der Waals surface area contributed by atoms with E-state index in [0.29, 0.717) is 31.0 Å². The highest BCUT2D eigenvalue weighted by Gasteiger charge is 2.24. The molecular formula is C23H27FN4O3. The van der Waals surface area contributed by atoms with Gasteiger partial charge >= 0.3 is 17.8 Å². The van der Waals surface area contributed by atoms with Gasteiger partial charge in [-0.3, -0.25) is 9.59 Å². The lowest BCUT2D eigenvalue weighted by molar-refractivity contribution is -0.136. The Bertz CT molecular complexity index is 907. The van der Waals surface area contributed by atoms with E-state index in [1.165, 1.54) is 24.3 Å². The van der Waals surface area contributed by atoms with Crippen LogP contribution in [0.15, 0.2) is 48.5 Å². The highest BCUT2D eigenvalue weighted by atomic mass is 19.1. The van der Waals surface area contributed by atoms with Crippen LogP contribution in [0.1, 0.15) is 25.3 Å². The summed E-state index contributed by atoms with van der Waals surface area (Å²) >= 11 is 0. The number of halogens is 1. The zero-order valence-corrected chi connectivity index (χ0v) is 17.5. The number of carbonyl (C=O) groups excluding carboxylic acids is 3. The Morgan fingerprint density at radius 1 is 0.903 bits per heavy atom. The normalized spacial score (nSPS) is 14.1. The Kier molecular flexibility index (Phi) is 7.59. The molecule has 7 nitrogen and oxygen atoms in total. The van der Waals surface area contributed by atoms with Crippen molar-refractivity contribution in [3.05, 3.63) is 59.9 Å². The summed E-state index contributed by atoms with van der Waals surface area (Å²) in [5, 5.41) is 8.02. The number of hydrogen-bond acceptors (Lipinski definition) is 3. The second-order valence-corrected chi connectivity index (χ2v) is 7.58. The van der Waals surface area contributed by atoms with Gasteiger partial charge in [-0.2, -0.15) is 0 Å². The lowest BCUT2D eigenvalue weighted by Crippen LogP contribution is -2.44. The number of anilines is 2. The molecule has 1 saturated heterocycles. The van der Waals surface area contributed by atoms with E-state index >= 15 is 0 Å². The maximum absolute atomic E-state index is 13.0. The summed E-state index contributed by atoms with van der Waals surface area (Å²) in [4.78, 5) is 38.2. The molecule has 2 aromatic carbocycles. The number of piperidine rings is 1. The average molecular weight is 426 g/mol. The molecule has 0 spiro atoms. The third-order valence-corrected chi connectivity index (χ3v) is 5.37. The van der Waals surface area contributed by atoms with Crippen LogP contribution >= 0.6 is 0 Å². The van der Waals surface area contributed by atoms with E-state index in [-0.39, 0.29) is 17.8 Å². The fourth-order valence-corrected chi connectivity index (χ4v) is 3.40. The molecule has 1 fully saturated rings. The Morgan fingerprint density at radius 2 is 1.48 bits per heavy atom. The van der Waals surface area contributed by atoms with Gasteiger partial charge in [0.15, 0.2) is 0 Å². The zero-order chi connectivity index (χ0) is 22.2. The second-order valence-electron chi connectivity index (χ2n) is 7.58. The lowest BCUT2D eigenvalue weighted by atomic mass is 9.97. The van der Waals surface area contributed by atoms with E-state index in [1.54, 1.807) is 17.0 Å². The quantitative estimate of drug-likeness (QED) is 0.640. The molecule has 0 aromatic heterocycles. The Labute approximate surface area is 181 Å². The number of aryl methyl sites for hydroxylation is 1. The SMILES string of the molecule is CCc1ccc(NC(=O)C(=O)NCC2CCN(C(=O)Nc3ccc(F)cc3)CC2)cc1. The molecule has 0 aliphatic carbocycles. The smallest absolute Gasteiger partial charge is 0.321 e. The maximum atomic E-state index is 13.0. The number of nitrogens with one attached hydrogen (secondary N) is 3. The zero-order valence-electron chi connectivity index (χ0n) is 17.5. The van der Waals surface area contributed by atoms with Crippen molar-refractivity contribution in [2.45, 2.75) is 26.2 Å². The number of amides is 4. The van der Waals surface area contributed by atoms with Crippen LogP contribution in [0.3, 0.4) is 0 Å². The van der Waals surface area contributed by atoms with Crippen molar-refractivity contribution in [1.29, 1.82) is 0 Å². The van der Waals surface area contributed by atoms with E-state index < -0.39 is 11.8 Å². The minimum Gasteiger partial charge on any atom is -0.348 e. The van der Waals surface area contributed by atoms with E-state index in [9.17, 15) is 18.8 Å². The predicted octanol–water partition coefficient (Wildman–Crippen LogP) is 3.39. The minimum absolute atomic E-state index is 0.190. The molecule has 0 unspecified atom stereocenters. The minimum atomic E-state index is -0.694. The van der Waals surface area contributed by atoms with Crippen molar-refractivity contribution in [2.24, 2.45) is 5.92 Å². The summed E-state index contributed by atoms with van der Waals surface area (Å²) < 4.78 is 13.0. The van der Waals surface area contributed by atoms with E-state index in [2.05, 4.69) is 16.0 Å². The van der Waals surface area contributed by atoms with Crippen LogP contribution in [0, 0.1) is 11.7 Å². The summed E-state index contributed by atoms with van der Waals surface area (Å²) in [7, 11) is 0. The van der Waals surface area contributed by atoms with Gasteiger partial charge in [0.1, 0.15) is 5.82 Å². The number of urea groups is 1. The number of rotatable bonds is 5. The van der Waals surface area contributed by atoms with Gasteiger partial charge in [-0.05, 0) is 67.1 Å². The van der Waals surface area contributed by atoms with Crippen molar-refractivity contribution >= 4 is 29.2 Å². The monoisotopic (exact) mass is 426 g/mol. The highest BCUT2D eigenvalue weighted by Crippen LogP contribution is 2.18. The molecule has 0 saturated carbocycles. The van der Waals surface area contributed by atoms with Gasteiger partial charge in [0.25, 0.3) is 0 Å². The first kappa shape index (κ1) is 22.3. The summed E-state index contributed by atoms with van der Waals surface area (Å²) in [6.45, 7) is 3.52. The third-order valence-electron chi connectivity index (χ3n) is 5.37. The molecule has 164 valence electrons. The van der Waals surface area contributed by atoms with Crippen LogP contribution in [0.2, 0.25) is 0 Å². The van der Waals surface area contributed by atoms with E-state index in [0.717, 1.165) is 24.8 Å². The average Bonchev–Trinajstić information content (AvgIpc) is 2.79. The number of benzene rings is 2. The van der Waals surface area contributed by atoms with Gasteiger partial charge < -0.3 is 20.9 Å². The van der Waals surface area contributed by atoms with Crippen LogP contribution in [0.25, 0.3) is 0 Å². The lowest BCUT2D eigenvalue weighted by Gasteiger charge is -2.32. The second kappa shape index (κ2) is 10.6. The van der Waals surface area contributed by atoms with Gasteiger partial charge in [0, 0.05) is 31.0 Å². The summed E-state index contributed by atoms with van der Waals surface area (Å²) in [6.07, 6.45) is 2.34.